The fraction of sp³-hybridized carbons (Fsp3) is 0.643. The minimum atomic E-state index is 0.350. The minimum Gasteiger partial charge on any atom is -0.383 e. The Morgan fingerprint density at radius 3 is 2.71 bits per heavy atom. The van der Waals surface area contributed by atoms with E-state index in [0.717, 1.165) is 18.2 Å². The Balaban J connectivity index is 2.99. The first-order valence-electron chi connectivity index (χ1n) is 6.96. The van der Waals surface area contributed by atoms with Crippen LogP contribution in [0.25, 0.3) is 0 Å². The number of nitriles is 1. The number of ether oxygens (including phenoxy) is 2. The van der Waals surface area contributed by atoms with Gasteiger partial charge in [-0.25, -0.2) is 9.97 Å². The molecule has 0 aliphatic rings. The minimum absolute atomic E-state index is 0.350. The van der Waals surface area contributed by atoms with Gasteiger partial charge in [0.25, 0.3) is 0 Å². The van der Waals surface area contributed by atoms with Crippen LogP contribution >= 0.6 is 0 Å². The van der Waals surface area contributed by atoms with Gasteiger partial charge in [0.05, 0.1) is 19.1 Å². The van der Waals surface area contributed by atoms with Crippen molar-refractivity contribution in [2.24, 2.45) is 0 Å². The fourth-order valence-electron chi connectivity index (χ4n) is 1.84. The Hall–Kier alpha value is -1.91. The van der Waals surface area contributed by atoms with Crippen LogP contribution in [-0.2, 0) is 16.1 Å². The first-order chi connectivity index (χ1) is 10.2. The SMILES string of the molecule is CCNc1cc(N(CCC#N)CCOC)nc(COC)n1. The third-order valence-corrected chi connectivity index (χ3v) is 2.77. The Kier molecular flexibility index (Phi) is 8.09. The van der Waals surface area contributed by atoms with Gasteiger partial charge < -0.3 is 19.7 Å². The first-order valence-corrected chi connectivity index (χ1v) is 6.96. The lowest BCUT2D eigenvalue weighted by Crippen LogP contribution is -2.29. The summed E-state index contributed by atoms with van der Waals surface area (Å²) >= 11 is 0. The number of nitrogens with zero attached hydrogens (tertiary/aromatic N) is 4. The number of anilines is 2. The van der Waals surface area contributed by atoms with Crippen LogP contribution in [0.15, 0.2) is 6.07 Å². The summed E-state index contributed by atoms with van der Waals surface area (Å²) in [6.07, 6.45) is 0.434. The van der Waals surface area contributed by atoms with E-state index in [1.54, 1.807) is 14.2 Å². The summed E-state index contributed by atoms with van der Waals surface area (Å²) in [5.41, 5.74) is 0. The lowest BCUT2D eigenvalue weighted by molar-refractivity contribution is 0.178. The van der Waals surface area contributed by atoms with Crippen LogP contribution in [-0.4, -0.2) is 50.4 Å². The van der Waals surface area contributed by atoms with Crippen LogP contribution in [0.1, 0.15) is 19.2 Å². The number of hydrogen-bond acceptors (Lipinski definition) is 7. The Labute approximate surface area is 125 Å². The smallest absolute Gasteiger partial charge is 0.158 e. The lowest BCUT2D eigenvalue weighted by Gasteiger charge is -2.23. The molecule has 0 radical (unpaired) electrons. The maximum absolute atomic E-state index is 8.79. The normalized spacial score (nSPS) is 10.2. The summed E-state index contributed by atoms with van der Waals surface area (Å²) in [5.74, 6) is 2.15. The Bertz CT molecular complexity index is 437. The van der Waals surface area contributed by atoms with Crippen molar-refractivity contribution in [3.8, 4) is 6.07 Å². The highest BCUT2D eigenvalue weighted by Gasteiger charge is 2.11. The zero-order chi connectivity index (χ0) is 15.5. The molecule has 116 valence electrons. The molecule has 0 aliphatic carbocycles. The quantitative estimate of drug-likeness (QED) is 0.698. The van der Waals surface area contributed by atoms with Crippen molar-refractivity contribution in [1.29, 1.82) is 5.26 Å². The maximum Gasteiger partial charge on any atom is 0.158 e. The fourth-order valence-corrected chi connectivity index (χ4v) is 1.84. The zero-order valence-corrected chi connectivity index (χ0v) is 12.9. The summed E-state index contributed by atoms with van der Waals surface area (Å²) in [5, 5.41) is 12.0. The van der Waals surface area contributed by atoms with Crippen molar-refractivity contribution < 1.29 is 9.47 Å². The van der Waals surface area contributed by atoms with Crippen LogP contribution in [0.2, 0.25) is 0 Å². The molecule has 1 heterocycles. The van der Waals surface area contributed by atoms with Crippen molar-refractivity contribution in [3.05, 3.63) is 11.9 Å². The van der Waals surface area contributed by atoms with E-state index in [1.165, 1.54) is 0 Å². The van der Waals surface area contributed by atoms with Gasteiger partial charge in [0, 0.05) is 39.9 Å². The van der Waals surface area contributed by atoms with Crippen LogP contribution < -0.4 is 10.2 Å². The highest BCUT2D eigenvalue weighted by atomic mass is 16.5. The highest BCUT2D eigenvalue weighted by Crippen LogP contribution is 2.17. The van der Waals surface area contributed by atoms with Gasteiger partial charge in [0.2, 0.25) is 0 Å². The van der Waals surface area contributed by atoms with Crippen molar-refractivity contribution in [3.63, 3.8) is 0 Å². The molecule has 1 aromatic rings. The summed E-state index contributed by atoms with van der Waals surface area (Å²) in [7, 11) is 3.27. The summed E-state index contributed by atoms with van der Waals surface area (Å²) in [6.45, 7) is 4.99. The van der Waals surface area contributed by atoms with E-state index in [0.29, 0.717) is 38.5 Å². The predicted molar refractivity (Wildman–Crippen MR) is 81.2 cm³/mol. The number of rotatable bonds is 10. The molecule has 1 aromatic heterocycles. The number of aromatic nitrogens is 2. The topological polar surface area (TPSA) is 83.3 Å². The molecule has 0 bridgehead atoms. The van der Waals surface area contributed by atoms with E-state index in [9.17, 15) is 0 Å². The van der Waals surface area contributed by atoms with E-state index in [-0.39, 0.29) is 0 Å². The molecule has 0 amide bonds. The molecule has 7 heteroatoms. The van der Waals surface area contributed by atoms with Gasteiger partial charge in [-0.2, -0.15) is 5.26 Å². The van der Waals surface area contributed by atoms with Gasteiger partial charge >= 0.3 is 0 Å². The van der Waals surface area contributed by atoms with Gasteiger partial charge in [-0.15, -0.1) is 0 Å². The predicted octanol–water partition coefficient (Wildman–Crippen LogP) is 1.42. The number of hydrogen-bond donors (Lipinski definition) is 1. The number of methoxy groups -OCH3 is 2. The molecule has 21 heavy (non-hydrogen) atoms. The van der Waals surface area contributed by atoms with Crippen molar-refractivity contribution >= 4 is 11.6 Å². The lowest BCUT2D eigenvalue weighted by atomic mass is 10.3. The van der Waals surface area contributed by atoms with E-state index in [4.69, 9.17) is 14.7 Å². The largest absolute Gasteiger partial charge is 0.383 e. The van der Waals surface area contributed by atoms with Crippen LogP contribution in [0.3, 0.4) is 0 Å². The molecule has 0 unspecified atom stereocenters. The third kappa shape index (κ3) is 5.94. The van der Waals surface area contributed by atoms with Gasteiger partial charge in [0.15, 0.2) is 5.82 Å². The zero-order valence-electron chi connectivity index (χ0n) is 12.9. The number of nitrogens with one attached hydrogen (secondary N) is 1. The van der Waals surface area contributed by atoms with E-state index in [2.05, 4.69) is 21.4 Å². The van der Waals surface area contributed by atoms with Gasteiger partial charge in [-0.05, 0) is 6.92 Å². The van der Waals surface area contributed by atoms with E-state index in [1.807, 2.05) is 17.9 Å². The second-order valence-electron chi connectivity index (χ2n) is 4.38. The van der Waals surface area contributed by atoms with Crippen LogP contribution in [0, 0.1) is 11.3 Å². The summed E-state index contributed by atoms with van der Waals surface area (Å²) < 4.78 is 10.2. The van der Waals surface area contributed by atoms with Gasteiger partial charge in [-0.1, -0.05) is 0 Å². The molecule has 0 fully saturated rings. The van der Waals surface area contributed by atoms with Crippen LogP contribution in [0.5, 0.6) is 0 Å². The van der Waals surface area contributed by atoms with Crippen molar-refractivity contribution in [2.75, 3.05) is 50.7 Å². The maximum atomic E-state index is 8.79. The molecule has 0 aliphatic heterocycles. The van der Waals surface area contributed by atoms with Crippen molar-refractivity contribution in [2.45, 2.75) is 20.0 Å². The molecule has 1 N–H and O–H groups in total. The molecule has 1 rings (SSSR count). The summed E-state index contributed by atoms with van der Waals surface area (Å²) in [6, 6.07) is 4.04. The average Bonchev–Trinajstić information content (AvgIpc) is 2.48. The van der Waals surface area contributed by atoms with Gasteiger partial charge in [-0.3, -0.25) is 0 Å². The second-order valence-corrected chi connectivity index (χ2v) is 4.38. The van der Waals surface area contributed by atoms with E-state index >= 15 is 0 Å². The molecule has 0 atom stereocenters. The molecular formula is C14H23N5O2. The third-order valence-electron chi connectivity index (χ3n) is 2.77. The highest BCUT2D eigenvalue weighted by molar-refractivity contribution is 5.49. The van der Waals surface area contributed by atoms with Crippen molar-refractivity contribution in [1.82, 2.24) is 9.97 Å². The second kappa shape index (κ2) is 9.91. The molecular weight excluding hydrogens is 270 g/mol. The summed E-state index contributed by atoms with van der Waals surface area (Å²) in [4.78, 5) is 10.9. The molecule has 0 aromatic carbocycles. The first kappa shape index (κ1) is 17.1. The monoisotopic (exact) mass is 293 g/mol. The van der Waals surface area contributed by atoms with Gasteiger partial charge in [0.1, 0.15) is 18.2 Å². The Morgan fingerprint density at radius 1 is 1.29 bits per heavy atom. The standard InChI is InChI=1S/C14H23N5O2/c1-4-16-12-10-14(18-13(17-12)11-21-3)19(7-5-6-15)8-9-20-2/h10H,4-5,7-9,11H2,1-3H3,(H,16,17,18). The Morgan fingerprint density at radius 2 is 2.10 bits per heavy atom. The van der Waals surface area contributed by atoms with Crippen LogP contribution in [0.4, 0.5) is 11.6 Å². The molecule has 0 saturated heterocycles. The molecule has 0 saturated carbocycles. The molecule has 0 spiro atoms. The molecule has 7 nitrogen and oxygen atoms in total. The van der Waals surface area contributed by atoms with E-state index < -0.39 is 0 Å². The average molecular weight is 293 g/mol.